The van der Waals surface area contributed by atoms with Gasteiger partial charge in [0, 0.05) is 12.8 Å². The average molecular weight is 450 g/mol. The molecular formula is C26H24F6. The largest absolute Gasteiger partial charge is 0.389 e. The van der Waals surface area contributed by atoms with E-state index in [-0.39, 0.29) is 12.8 Å². The second-order valence-corrected chi connectivity index (χ2v) is 7.71. The van der Waals surface area contributed by atoms with E-state index in [1.807, 2.05) is 48.5 Å². The van der Waals surface area contributed by atoms with E-state index in [9.17, 15) is 26.3 Å². The maximum absolute atomic E-state index is 12.4. The Morgan fingerprint density at radius 3 is 1.09 bits per heavy atom. The molecule has 0 heterocycles. The molecule has 0 unspecified atom stereocenters. The molecule has 0 saturated carbocycles. The maximum Gasteiger partial charge on any atom is 0.389 e. The zero-order valence-corrected chi connectivity index (χ0v) is 17.4. The molecule has 0 saturated heterocycles. The first-order chi connectivity index (χ1) is 15.2. The van der Waals surface area contributed by atoms with Gasteiger partial charge in [-0.05, 0) is 58.4 Å². The molecule has 0 aliphatic carbocycles. The van der Waals surface area contributed by atoms with Crippen LogP contribution in [0.25, 0.3) is 21.5 Å². The molecule has 0 nitrogen and oxygen atoms in total. The molecule has 0 aromatic heterocycles. The maximum atomic E-state index is 12.4. The van der Waals surface area contributed by atoms with Crippen molar-refractivity contribution in [2.75, 3.05) is 0 Å². The van der Waals surface area contributed by atoms with Crippen LogP contribution < -0.4 is 0 Å². The normalized spacial score (nSPS) is 13.2. The molecule has 0 bridgehead atoms. The summed E-state index contributed by atoms with van der Waals surface area (Å²) in [4.78, 5) is 0. The number of fused-ring (bicyclic) bond motifs is 2. The van der Waals surface area contributed by atoms with Crippen molar-refractivity contribution in [2.24, 2.45) is 0 Å². The lowest BCUT2D eigenvalue weighted by Crippen LogP contribution is -2.05. The zero-order chi connectivity index (χ0) is 23.2. The van der Waals surface area contributed by atoms with E-state index in [0.717, 1.165) is 32.7 Å². The molecule has 32 heavy (non-hydrogen) atoms. The Hall–Kier alpha value is -2.76. The van der Waals surface area contributed by atoms with Gasteiger partial charge in [-0.2, -0.15) is 26.3 Å². The third-order valence-electron chi connectivity index (χ3n) is 5.32. The number of benzene rings is 3. The molecule has 0 atom stereocenters. The van der Waals surface area contributed by atoms with E-state index in [1.165, 1.54) is 0 Å². The molecule has 0 amide bonds. The highest BCUT2D eigenvalue weighted by molar-refractivity contribution is 6.06. The van der Waals surface area contributed by atoms with Gasteiger partial charge in [0.15, 0.2) is 0 Å². The Morgan fingerprint density at radius 1 is 0.500 bits per heavy atom. The SMILES string of the molecule is FC(F)(F)CCC=CCc1c2ccccc2c(CC=CCCC(F)(F)F)c2ccccc12. The molecule has 3 aromatic carbocycles. The van der Waals surface area contributed by atoms with Gasteiger partial charge >= 0.3 is 12.4 Å². The van der Waals surface area contributed by atoms with Gasteiger partial charge < -0.3 is 0 Å². The third kappa shape index (κ3) is 6.62. The summed E-state index contributed by atoms with van der Waals surface area (Å²) in [5.74, 6) is 0. The van der Waals surface area contributed by atoms with Crippen LogP contribution in [0.4, 0.5) is 26.3 Å². The first kappa shape index (κ1) is 23.9. The van der Waals surface area contributed by atoms with Crippen molar-refractivity contribution in [2.45, 2.75) is 50.9 Å². The van der Waals surface area contributed by atoms with Crippen molar-refractivity contribution in [3.8, 4) is 0 Å². The van der Waals surface area contributed by atoms with E-state index < -0.39 is 25.2 Å². The van der Waals surface area contributed by atoms with Crippen molar-refractivity contribution >= 4 is 21.5 Å². The second kappa shape index (κ2) is 10.2. The van der Waals surface area contributed by atoms with Crippen LogP contribution in [-0.2, 0) is 12.8 Å². The van der Waals surface area contributed by atoms with Crippen molar-refractivity contribution < 1.29 is 26.3 Å². The predicted octanol–water partition coefficient (Wildman–Crippen LogP) is 8.88. The fraction of sp³-hybridized carbons (Fsp3) is 0.308. The molecule has 0 radical (unpaired) electrons. The second-order valence-electron chi connectivity index (χ2n) is 7.71. The summed E-state index contributed by atoms with van der Waals surface area (Å²) in [6.07, 6.45) is -2.45. The fourth-order valence-electron chi connectivity index (χ4n) is 3.88. The van der Waals surface area contributed by atoms with Crippen LogP contribution in [0.3, 0.4) is 0 Å². The summed E-state index contributed by atoms with van der Waals surface area (Å²) in [7, 11) is 0. The number of halogens is 6. The molecule has 3 rings (SSSR count). The summed E-state index contributed by atoms with van der Waals surface area (Å²) in [6, 6.07) is 15.6. The van der Waals surface area contributed by atoms with Crippen LogP contribution in [0.1, 0.15) is 36.8 Å². The summed E-state index contributed by atoms with van der Waals surface area (Å²) < 4.78 is 74.3. The highest BCUT2D eigenvalue weighted by atomic mass is 19.4. The molecule has 6 heteroatoms. The summed E-state index contributed by atoms with van der Waals surface area (Å²) in [5.41, 5.74) is 2.06. The van der Waals surface area contributed by atoms with Crippen molar-refractivity contribution in [3.05, 3.63) is 84.0 Å². The van der Waals surface area contributed by atoms with Gasteiger partial charge in [0.05, 0.1) is 0 Å². The quantitative estimate of drug-likeness (QED) is 0.183. The average Bonchev–Trinajstić information content (AvgIpc) is 2.72. The van der Waals surface area contributed by atoms with Crippen molar-refractivity contribution in [1.82, 2.24) is 0 Å². The minimum absolute atomic E-state index is 0.0554. The summed E-state index contributed by atoms with van der Waals surface area (Å²) in [6.45, 7) is 0. The van der Waals surface area contributed by atoms with Gasteiger partial charge in [0.1, 0.15) is 0 Å². The number of hydrogen-bond donors (Lipinski definition) is 0. The predicted molar refractivity (Wildman–Crippen MR) is 118 cm³/mol. The summed E-state index contributed by atoms with van der Waals surface area (Å²) in [5, 5.41) is 4.02. The minimum atomic E-state index is -4.17. The van der Waals surface area contributed by atoms with Crippen LogP contribution >= 0.6 is 0 Å². The van der Waals surface area contributed by atoms with Gasteiger partial charge in [-0.25, -0.2) is 0 Å². The standard InChI is InChI=1S/C26H24F6/c27-25(28,29)17-9-1-3-11-19-21-13-5-7-15-23(21)20(24-16-8-6-14-22(19)24)12-4-2-10-18-26(30,31)32/h1-8,13-16H,9-12,17-18H2. The molecule has 0 aliphatic rings. The van der Waals surface area contributed by atoms with Crippen molar-refractivity contribution in [3.63, 3.8) is 0 Å². The van der Waals surface area contributed by atoms with Crippen molar-refractivity contribution in [1.29, 1.82) is 0 Å². The van der Waals surface area contributed by atoms with Crippen LogP contribution in [0, 0.1) is 0 Å². The highest BCUT2D eigenvalue weighted by Gasteiger charge is 2.26. The summed E-state index contributed by atoms with van der Waals surface area (Å²) >= 11 is 0. The molecule has 0 aliphatic heterocycles. The van der Waals surface area contributed by atoms with Gasteiger partial charge in [-0.15, -0.1) is 0 Å². The topological polar surface area (TPSA) is 0 Å². The number of allylic oxidation sites excluding steroid dienone is 4. The van der Waals surface area contributed by atoms with Crippen LogP contribution in [0.15, 0.2) is 72.8 Å². The molecule has 3 aromatic rings. The van der Waals surface area contributed by atoms with E-state index in [1.54, 1.807) is 24.3 Å². The first-order valence-corrected chi connectivity index (χ1v) is 10.5. The minimum Gasteiger partial charge on any atom is -0.171 e. The van der Waals surface area contributed by atoms with Gasteiger partial charge in [-0.3, -0.25) is 0 Å². The molecule has 0 N–H and O–H groups in total. The van der Waals surface area contributed by atoms with Gasteiger partial charge in [-0.1, -0.05) is 72.8 Å². The Bertz CT molecular complexity index is 958. The van der Waals surface area contributed by atoms with Crippen LogP contribution in [0.2, 0.25) is 0 Å². The van der Waals surface area contributed by atoms with Crippen LogP contribution in [0.5, 0.6) is 0 Å². The van der Waals surface area contributed by atoms with E-state index in [0.29, 0.717) is 12.8 Å². The molecule has 170 valence electrons. The number of hydrogen-bond acceptors (Lipinski definition) is 0. The smallest absolute Gasteiger partial charge is 0.171 e. The van der Waals surface area contributed by atoms with E-state index in [2.05, 4.69) is 0 Å². The lowest BCUT2D eigenvalue weighted by atomic mass is 9.89. The zero-order valence-electron chi connectivity index (χ0n) is 17.4. The lowest BCUT2D eigenvalue weighted by molar-refractivity contribution is -0.134. The Labute approximate surface area is 183 Å². The Morgan fingerprint density at radius 2 is 0.812 bits per heavy atom. The Balaban J connectivity index is 1.92. The first-order valence-electron chi connectivity index (χ1n) is 10.5. The molecule has 0 spiro atoms. The van der Waals surface area contributed by atoms with Crippen LogP contribution in [-0.4, -0.2) is 12.4 Å². The fourth-order valence-corrected chi connectivity index (χ4v) is 3.88. The van der Waals surface area contributed by atoms with Gasteiger partial charge in [0.25, 0.3) is 0 Å². The lowest BCUT2D eigenvalue weighted by Gasteiger charge is -2.15. The Kier molecular flexibility index (Phi) is 7.64. The highest BCUT2D eigenvalue weighted by Crippen LogP contribution is 2.34. The molecular weight excluding hydrogens is 426 g/mol. The monoisotopic (exact) mass is 450 g/mol. The third-order valence-corrected chi connectivity index (χ3v) is 5.32. The van der Waals surface area contributed by atoms with E-state index in [4.69, 9.17) is 0 Å². The number of alkyl halides is 6. The number of rotatable bonds is 8. The van der Waals surface area contributed by atoms with Gasteiger partial charge in [0.2, 0.25) is 0 Å². The van der Waals surface area contributed by atoms with E-state index >= 15 is 0 Å². The molecule has 0 fully saturated rings.